The van der Waals surface area contributed by atoms with Crippen molar-refractivity contribution in [2.75, 3.05) is 0 Å². The van der Waals surface area contributed by atoms with Crippen molar-refractivity contribution in [3.05, 3.63) is 60.9 Å². The van der Waals surface area contributed by atoms with Gasteiger partial charge in [0, 0.05) is 5.41 Å². The third-order valence-corrected chi connectivity index (χ3v) is 3.61. The summed E-state index contributed by atoms with van der Waals surface area (Å²) in [4.78, 5) is 0.277. The zero-order valence-corrected chi connectivity index (χ0v) is 10.7. The molecule has 1 aromatic rings. The lowest BCUT2D eigenvalue weighted by molar-refractivity contribution is 0.604. The van der Waals surface area contributed by atoms with Crippen LogP contribution in [0.25, 0.3) is 0 Å². The largest absolute Gasteiger partial charge is 0.219 e. The molecule has 2 radical (unpaired) electrons. The summed E-state index contributed by atoms with van der Waals surface area (Å²) in [5.74, 6) is -0.314. The molecule has 0 aromatic heterocycles. The van der Waals surface area contributed by atoms with Crippen molar-refractivity contribution in [1.82, 2.24) is 0 Å². The van der Waals surface area contributed by atoms with Gasteiger partial charge in [-0.05, 0) is 38.3 Å². The van der Waals surface area contributed by atoms with Gasteiger partial charge >= 0.3 is 0 Å². The molecule has 0 aliphatic heterocycles. The van der Waals surface area contributed by atoms with Crippen molar-refractivity contribution in [1.29, 1.82) is 0 Å². The van der Waals surface area contributed by atoms with Crippen LogP contribution in [0.2, 0.25) is 0 Å². The van der Waals surface area contributed by atoms with Crippen molar-refractivity contribution in [2.45, 2.75) is 18.2 Å². The summed E-state index contributed by atoms with van der Waals surface area (Å²) < 4.78 is 23.7. The molecule has 17 heavy (non-hydrogen) atoms. The number of benzene rings is 1. The molecule has 3 heteroatoms. The first-order valence-corrected chi connectivity index (χ1v) is 6.85. The van der Waals surface area contributed by atoms with Crippen molar-refractivity contribution in [3.8, 4) is 0 Å². The molecule has 0 N–H and O–H groups in total. The molecule has 0 amide bonds. The Morgan fingerprint density at radius 2 is 2.00 bits per heavy atom. The predicted molar refractivity (Wildman–Crippen MR) is 70.0 cm³/mol. The second kappa shape index (κ2) is 5.82. The van der Waals surface area contributed by atoms with E-state index >= 15 is 0 Å². The van der Waals surface area contributed by atoms with Crippen molar-refractivity contribution in [2.24, 2.45) is 5.92 Å². The molecule has 0 fully saturated rings. The van der Waals surface area contributed by atoms with Gasteiger partial charge in [0.1, 0.15) is 0 Å². The summed E-state index contributed by atoms with van der Waals surface area (Å²) in [5.41, 5.74) is 0.930. The van der Waals surface area contributed by atoms with Crippen LogP contribution in [-0.2, 0) is 9.84 Å². The first kappa shape index (κ1) is 13.7. The Balaban J connectivity index is 2.81. The highest BCUT2D eigenvalue weighted by molar-refractivity contribution is 7.94. The molecule has 0 saturated heterocycles. The van der Waals surface area contributed by atoms with E-state index in [1.807, 2.05) is 6.92 Å². The minimum Gasteiger partial charge on any atom is -0.219 e. The van der Waals surface area contributed by atoms with E-state index in [0.29, 0.717) is 6.42 Å². The summed E-state index contributed by atoms with van der Waals surface area (Å²) >= 11 is 0. The average molecular weight is 248 g/mol. The van der Waals surface area contributed by atoms with Crippen LogP contribution in [0, 0.1) is 12.8 Å². The van der Waals surface area contributed by atoms with Crippen molar-refractivity contribution >= 4 is 9.84 Å². The minimum absolute atomic E-state index is 0.277. The zero-order valence-electron chi connectivity index (χ0n) is 9.84. The summed E-state index contributed by atoms with van der Waals surface area (Å²) in [6.07, 6.45) is 2.08. The molecule has 0 heterocycles. The van der Waals surface area contributed by atoms with Crippen LogP contribution < -0.4 is 0 Å². The summed E-state index contributed by atoms with van der Waals surface area (Å²) in [6.45, 7) is 11.3. The molecule has 1 atom stereocenters. The van der Waals surface area contributed by atoms with E-state index in [4.69, 9.17) is 6.92 Å². The first-order chi connectivity index (χ1) is 7.92. The highest BCUT2D eigenvalue weighted by atomic mass is 32.2. The molecule has 0 aliphatic rings. The zero-order chi connectivity index (χ0) is 12.9. The first-order valence-electron chi connectivity index (χ1n) is 5.30. The Kier molecular flexibility index (Phi) is 4.70. The van der Waals surface area contributed by atoms with Gasteiger partial charge < -0.3 is 0 Å². The molecule has 0 unspecified atom stereocenters. The molecule has 0 saturated carbocycles. The van der Waals surface area contributed by atoms with Crippen LogP contribution in [-0.4, -0.2) is 8.42 Å². The number of hydrogen-bond acceptors (Lipinski definition) is 2. The topological polar surface area (TPSA) is 34.1 Å². The second-order valence-electron chi connectivity index (χ2n) is 4.01. The third-order valence-electron chi connectivity index (χ3n) is 2.16. The van der Waals surface area contributed by atoms with Gasteiger partial charge in [-0.25, -0.2) is 8.42 Å². The lowest BCUT2D eigenvalue weighted by Crippen LogP contribution is -1.98. The van der Waals surface area contributed by atoms with Gasteiger partial charge in [0.15, 0.2) is 9.84 Å². The number of sulfone groups is 1. The fourth-order valence-electron chi connectivity index (χ4n) is 1.36. The average Bonchev–Trinajstić information content (AvgIpc) is 2.27. The quantitative estimate of drug-likeness (QED) is 0.749. The molecule has 0 bridgehead atoms. The van der Waals surface area contributed by atoms with Crippen LogP contribution in [0.5, 0.6) is 0 Å². The predicted octanol–water partition coefficient (Wildman–Crippen LogP) is 3.27. The molecule has 2 nitrogen and oxygen atoms in total. The van der Waals surface area contributed by atoms with Gasteiger partial charge in [-0.2, -0.15) is 0 Å². The lowest BCUT2D eigenvalue weighted by atomic mass is 10.0. The highest BCUT2D eigenvalue weighted by Crippen LogP contribution is 2.15. The van der Waals surface area contributed by atoms with E-state index in [1.54, 1.807) is 30.3 Å². The lowest BCUT2D eigenvalue weighted by Gasteiger charge is -2.04. The molecule has 1 rings (SSSR count). The van der Waals surface area contributed by atoms with Crippen LogP contribution in [0.4, 0.5) is 0 Å². The fraction of sp³-hybridized carbons (Fsp3) is 0.214. The van der Waals surface area contributed by atoms with Crippen LogP contribution in [0.1, 0.15) is 13.3 Å². The summed E-state index contributed by atoms with van der Waals surface area (Å²) in [6, 6.07) is 8.27. The molecular formula is C14H16O2S. The Morgan fingerprint density at radius 3 is 2.53 bits per heavy atom. The number of allylic oxidation sites excluding steroid dienone is 2. The molecule has 90 valence electrons. The maximum atomic E-state index is 11.9. The van der Waals surface area contributed by atoms with Gasteiger partial charge in [0.25, 0.3) is 0 Å². The normalized spacial score (nSPS) is 13.8. The van der Waals surface area contributed by atoms with Gasteiger partial charge in [-0.3, -0.25) is 0 Å². The summed E-state index contributed by atoms with van der Waals surface area (Å²) in [5, 5.41) is 1.16. The minimum atomic E-state index is -3.38. The van der Waals surface area contributed by atoms with E-state index in [9.17, 15) is 8.42 Å². The Labute approximate surface area is 104 Å². The van der Waals surface area contributed by atoms with Crippen LogP contribution >= 0.6 is 0 Å². The van der Waals surface area contributed by atoms with Crippen molar-refractivity contribution < 1.29 is 8.42 Å². The molecule has 0 spiro atoms. The summed E-state index contributed by atoms with van der Waals surface area (Å²) in [7, 11) is -3.38. The Morgan fingerprint density at radius 1 is 1.41 bits per heavy atom. The third kappa shape index (κ3) is 4.57. The monoisotopic (exact) mass is 248 g/mol. The Hall–Kier alpha value is -1.35. The maximum absolute atomic E-state index is 11.9. The number of hydrogen-bond donors (Lipinski definition) is 0. The van der Waals surface area contributed by atoms with E-state index in [1.165, 1.54) is 6.08 Å². The van der Waals surface area contributed by atoms with E-state index in [-0.39, 0.29) is 10.8 Å². The maximum Gasteiger partial charge on any atom is 0.199 e. The number of rotatable bonds is 5. The second-order valence-corrected chi connectivity index (χ2v) is 5.85. The molecular weight excluding hydrogens is 232 g/mol. The van der Waals surface area contributed by atoms with Crippen LogP contribution in [0.3, 0.4) is 0 Å². The highest BCUT2D eigenvalue weighted by Gasteiger charge is 2.09. The van der Waals surface area contributed by atoms with Gasteiger partial charge in [-0.1, -0.05) is 29.8 Å². The van der Waals surface area contributed by atoms with E-state index in [0.717, 1.165) is 11.0 Å². The smallest absolute Gasteiger partial charge is 0.199 e. The van der Waals surface area contributed by atoms with Gasteiger partial charge in [0.2, 0.25) is 0 Å². The van der Waals surface area contributed by atoms with Crippen molar-refractivity contribution in [3.63, 3.8) is 0 Å². The SMILES string of the molecule is [CH][C@@H](/C=C/S(=O)(=O)c1ccccc1)CC(=C)C. The van der Waals surface area contributed by atoms with E-state index < -0.39 is 9.84 Å². The fourth-order valence-corrected chi connectivity index (χ4v) is 2.47. The van der Waals surface area contributed by atoms with Gasteiger partial charge in [-0.15, -0.1) is 6.58 Å². The van der Waals surface area contributed by atoms with Crippen LogP contribution in [0.15, 0.2) is 58.9 Å². The van der Waals surface area contributed by atoms with E-state index in [2.05, 4.69) is 6.58 Å². The van der Waals surface area contributed by atoms with Gasteiger partial charge in [0.05, 0.1) is 4.90 Å². The molecule has 0 aliphatic carbocycles. The Bertz CT molecular complexity index is 498. The molecule has 1 aromatic carbocycles. The standard InChI is InChI=1S/C14H16O2S/c1-12(2)11-13(3)9-10-17(15,16)14-7-5-4-6-8-14/h3-10,13H,1,11H2,2H3/b10-9+/t13-/m0/s1.